The third-order valence-electron chi connectivity index (χ3n) is 2.57. The van der Waals surface area contributed by atoms with Crippen LogP contribution in [0.5, 0.6) is 0 Å². The van der Waals surface area contributed by atoms with Crippen molar-refractivity contribution in [3.05, 3.63) is 0 Å². The molecule has 0 heterocycles. The van der Waals surface area contributed by atoms with Gasteiger partial charge in [-0.15, -0.1) is 0 Å². The second kappa shape index (κ2) is 4.05. The molecule has 0 aromatic heterocycles. The minimum absolute atomic E-state index is 0. The molecule has 0 aliphatic carbocycles. The Morgan fingerprint density at radius 1 is 1.00 bits per heavy atom. The van der Waals surface area contributed by atoms with Crippen LogP contribution in [0, 0.1) is 5.41 Å². The Kier molecular flexibility index (Phi) is 4.96. The minimum atomic E-state index is -0.479. The minimum Gasteiger partial charge on any atom is -0.389 e. The summed E-state index contributed by atoms with van der Waals surface area (Å²) in [7, 11) is 0. The van der Waals surface area contributed by atoms with Crippen LogP contribution in [-0.2, 0) is 0 Å². The summed E-state index contributed by atoms with van der Waals surface area (Å²) >= 11 is 0. The van der Waals surface area contributed by atoms with Crippen molar-refractivity contribution < 1.29 is 9.81 Å². The predicted molar refractivity (Wildman–Crippen MR) is 47.5 cm³/mol. The van der Waals surface area contributed by atoms with Gasteiger partial charge in [0, 0.05) is 0 Å². The fraction of sp³-hybridized carbons (Fsp3) is 1.00. The summed E-state index contributed by atoms with van der Waals surface area (Å²) in [5.41, 5.74) is -0.469. The lowest BCUT2D eigenvalue weighted by Crippen LogP contribution is -2.41. The SMILES string of the molecule is CCC(O)(CC)C(C)(C)C.F. The van der Waals surface area contributed by atoms with Crippen LogP contribution >= 0.6 is 0 Å². The van der Waals surface area contributed by atoms with Crippen LogP contribution in [0.15, 0.2) is 0 Å². The van der Waals surface area contributed by atoms with Gasteiger partial charge in [-0.3, -0.25) is 4.70 Å². The van der Waals surface area contributed by atoms with E-state index in [1.807, 2.05) is 13.8 Å². The van der Waals surface area contributed by atoms with Gasteiger partial charge in [0.05, 0.1) is 5.60 Å². The maximum absolute atomic E-state index is 9.97. The zero-order chi connectivity index (χ0) is 8.41. The van der Waals surface area contributed by atoms with Gasteiger partial charge in [-0.05, 0) is 18.3 Å². The molecule has 1 N–H and O–H groups in total. The van der Waals surface area contributed by atoms with Crippen molar-refractivity contribution in [2.45, 2.75) is 53.1 Å². The summed E-state index contributed by atoms with van der Waals surface area (Å²) < 4.78 is 0. The standard InChI is InChI=1S/C9H20O.FH/c1-6-9(10,7-2)8(3,4)5;/h10H,6-7H2,1-5H3;1H. The van der Waals surface area contributed by atoms with Crippen molar-refractivity contribution in [3.8, 4) is 0 Å². The molecule has 1 nitrogen and oxygen atoms in total. The quantitative estimate of drug-likeness (QED) is 0.665. The van der Waals surface area contributed by atoms with E-state index in [-0.39, 0.29) is 10.1 Å². The Bertz CT molecular complexity index is 101. The molecule has 0 amide bonds. The summed E-state index contributed by atoms with van der Waals surface area (Å²) in [6.07, 6.45) is 1.68. The second-order valence-electron chi connectivity index (χ2n) is 3.99. The largest absolute Gasteiger partial charge is 0.389 e. The zero-order valence-electron chi connectivity index (χ0n) is 8.27. The van der Waals surface area contributed by atoms with E-state index >= 15 is 0 Å². The lowest BCUT2D eigenvalue weighted by molar-refractivity contribution is -0.0636. The lowest BCUT2D eigenvalue weighted by Gasteiger charge is -2.39. The van der Waals surface area contributed by atoms with Gasteiger partial charge in [-0.2, -0.15) is 0 Å². The van der Waals surface area contributed by atoms with Gasteiger partial charge >= 0.3 is 0 Å². The Balaban J connectivity index is 0. The molecule has 0 aromatic carbocycles. The average Bonchev–Trinajstić information content (AvgIpc) is 1.84. The van der Waals surface area contributed by atoms with Crippen molar-refractivity contribution >= 4 is 0 Å². The highest BCUT2D eigenvalue weighted by molar-refractivity contribution is 4.87. The van der Waals surface area contributed by atoms with Gasteiger partial charge in [0.15, 0.2) is 0 Å². The Morgan fingerprint density at radius 2 is 1.27 bits per heavy atom. The molecule has 0 bridgehead atoms. The molecule has 0 fully saturated rings. The molecule has 0 aliphatic heterocycles. The highest BCUT2D eigenvalue weighted by Gasteiger charge is 2.36. The van der Waals surface area contributed by atoms with E-state index in [4.69, 9.17) is 0 Å². The molecule has 0 saturated heterocycles. The molecule has 11 heavy (non-hydrogen) atoms. The van der Waals surface area contributed by atoms with Crippen molar-refractivity contribution in [3.63, 3.8) is 0 Å². The van der Waals surface area contributed by atoms with Gasteiger partial charge in [0.2, 0.25) is 0 Å². The molecule has 0 spiro atoms. The molecule has 2 heteroatoms. The van der Waals surface area contributed by atoms with Crippen LogP contribution in [0.25, 0.3) is 0 Å². The first-order valence-electron chi connectivity index (χ1n) is 4.09. The zero-order valence-corrected chi connectivity index (χ0v) is 8.27. The smallest absolute Gasteiger partial charge is 0.0690 e. The van der Waals surface area contributed by atoms with Crippen LogP contribution in [0.4, 0.5) is 4.70 Å². The summed E-state index contributed by atoms with van der Waals surface area (Å²) in [6.45, 7) is 10.3. The molecule has 0 rings (SSSR count). The van der Waals surface area contributed by atoms with Crippen molar-refractivity contribution in [1.29, 1.82) is 0 Å². The third kappa shape index (κ3) is 2.78. The van der Waals surface area contributed by atoms with E-state index in [1.165, 1.54) is 0 Å². The van der Waals surface area contributed by atoms with Crippen molar-refractivity contribution in [2.75, 3.05) is 0 Å². The Hall–Kier alpha value is -0.110. The van der Waals surface area contributed by atoms with Crippen LogP contribution in [0.3, 0.4) is 0 Å². The summed E-state index contributed by atoms with van der Waals surface area (Å²) in [4.78, 5) is 0. The highest BCUT2D eigenvalue weighted by Crippen LogP contribution is 2.35. The molecule has 0 aromatic rings. The molecule has 0 atom stereocenters. The van der Waals surface area contributed by atoms with Gasteiger partial charge in [0.1, 0.15) is 0 Å². The molecule has 0 saturated carbocycles. The van der Waals surface area contributed by atoms with Crippen LogP contribution in [0.2, 0.25) is 0 Å². The summed E-state index contributed by atoms with van der Waals surface area (Å²) in [5, 5.41) is 9.97. The van der Waals surface area contributed by atoms with Crippen molar-refractivity contribution in [2.24, 2.45) is 5.41 Å². The number of halogens is 1. The molecular weight excluding hydrogens is 143 g/mol. The van der Waals surface area contributed by atoms with E-state index in [9.17, 15) is 5.11 Å². The third-order valence-corrected chi connectivity index (χ3v) is 2.57. The van der Waals surface area contributed by atoms with Crippen LogP contribution < -0.4 is 0 Å². The summed E-state index contributed by atoms with van der Waals surface area (Å²) in [5.74, 6) is 0. The van der Waals surface area contributed by atoms with Gasteiger partial charge in [-0.25, -0.2) is 0 Å². The normalized spacial score (nSPS) is 12.5. The number of hydrogen-bond acceptors (Lipinski definition) is 1. The number of hydrogen-bond donors (Lipinski definition) is 1. The van der Waals surface area contributed by atoms with Crippen LogP contribution in [0.1, 0.15) is 47.5 Å². The fourth-order valence-corrected chi connectivity index (χ4v) is 1.31. The first kappa shape index (κ1) is 13.5. The molecule has 0 aliphatic rings. The first-order valence-corrected chi connectivity index (χ1v) is 4.09. The number of rotatable bonds is 2. The summed E-state index contributed by atoms with van der Waals surface area (Å²) in [6, 6.07) is 0. The van der Waals surface area contributed by atoms with E-state index in [2.05, 4.69) is 20.8 Å². The topological polar surface area (TPSA) is 20.2 Å². The number of aliphatic hydroxyl groups is 1. The second-order valence-corrected chi connectivity index (χ2v) is 3.99. The van der Waals surface area contributed by atoms with E-state index < -0.39 is 5.60 Å². The first-order chi connectivity index (χ1) is 4.37. The maximum Gasteiger partial charge on any atom is 0.0690 e. The Labute approximate surface area is 69.2 Å². The van der Waals surface area contributed by atoms with E-state index in [1.54, 1.807) is 0 Å². The molecule has 70 valence electrons. The van der Waals surface area contributed by atoms with Crippen molar-refractivity contribution in [1.82, 2.24) is 0 Å². The fourth-order valence-electron chi connectivity index (χ4n) is 1.31. The van der Waals surface area contributed by atoms with Crippen LogP contribution in [-0.4, -0.2) is 10.7 Å². The predicted octanol–water partition coefficient (Wildman–Crippen LogP) is 2.74. The Morgan fingerprint density at radius 3 is 1.27 bits per heavy atom. The molecule has 0 unspecified atom stereocenters. The van der Waals surface area contributed by atoms with E-state index in [0.29, 0.717) is 0 Å². The average molecular weight is 164 g/mol. The van der Waals surface area contributed by atoms with Gasteiger partial charge < -0.3 is 5.11 Å². The molecular formula is C9H21FO. The van der Waals surface area contributed by atoms with E-state index in [0.717, 1.165) is 12.8 Å². The van der Waals surface area contributed by atoms with Gasteiger partial charge in [0.25, 0.3) is 0 Å². The molecule has 0 radical (unpaired) electrons. The highest BCUT2D eigenvalue weighted by atomic mass is 19.0. The monoisotopic (exact) mass is 164 g/mol. The van der Waals surface area contributed by atoms with Gasteiger partial charge in [-0.1, -0.05) is 34.6 Å². The lowest BCUT2D eigenvalue weighted by atomic mass is 9.73. The maximum atomic E-state index is 9.97.